The second-order valence-corrected chi connectivity index (χ2v) is 8.80. The third-order valence-corrected chi connectivity index (χ3v) is 6.36. The summed E-state index contributed by atoms with van der Waals surface area (Å²) in [6.45, 7) is 0.360. The maximum atomic E-state index is 12.7. The van der Waals surface area contributed by atoms with Gasteiger partial charge in [0.05, 0.1) is 11.5 Å². The van der Waals surface area contributed by atoms with Gasteiger partial charge in [-0.1, -0.05) is 30.3 Å². The number of carbonyl (C=O) groups is 2. The minimum absolute atomic E-state index is 0.0231. The highest BCUT2D eigenvalue weighted by Crippen LogP contribution is 2.18. The number of carbonyl (C=O) groups excluding carboxylic acids is 2. The van der Waals surface area contributed by atoms with E-state index in [0.29, 0.717) is 18.5 Å². The Morgan fingerprint density at radius 3 is 2.63 bits per heavy atom. The van der Waals surface area contributed by atoms with Gasteiger partial charge >= 0.3 is 0 Å². The van der Waals surface area contributed by atoms with Crippen molar-refractivity contribution >= 4 is 21.7 Å². The van der Waals surface area contributed by atoms with Crippen LogP contribution < -0.4 is 5.32 Å². The number of sulfone groups is 1. The largest absolute Gasteiger partial charge is 0.347 e. The molecule has 0 saturated carbocycles. The van der Waals surface area contributed by atoms with Crippen LogP contribution in [0.1, 0.15) is 32.8 Å². The number of pyridine rings is 1. The monoisotopic (exact) mass is 387 g/mol. The Hall–Kier alpha value is -2.74. The van der Waals surface area contributed by atoms with E-state index in [2.05, 4.69) is 10.3 Å². The van der Waals surface area contributed by atoms with Crippen LogP contribution in [-0.4, -0.2) is 54.7 Å². The van der Waals surface area contributed by atoms with Gasteiger partial charge in [-0.05, 0) is 24.1 Å². The molecule has 0 aliphatic carbocycles. The van der Waals surface area contributed by atoms with Gasteiger partial charge in [0.25, 0.3) is 11.8 Å². The van der Waals surface area contributed by atoms with Crippen LogP contribution in [0.25, 0.3) is 0 Å². The molecule has 1 aliphatic heterocycles. The number of nitrogens with zero attached hydrogens (tertiary/aromatic N) is 2. The topological polar surface area (TPSA) is 96.4 Å². The van der Waals surface area contributed by atoms with Gasteiger partial charge in [0.1, 0.15) is 5.69 Å². The van der Waals surface area contributed by atoms with Gasteiger partial charge in [-0.25, -0.2) is 8.42 Å². The zero-order valence-corrected chi connectivity index (χ0v) is 15.8. The molecule has 3 rings (SSSR count). The minimum Gasteiger partial charge on any atom is -0.347 e. The fraction of sp³-hybridized carbons (Fsp3) is 0.316. The lowest BCUT2D eigenvalue weighted by Crippen LogP contribution is -2.38. The average molecular weight is 387 g/mol. The molecule has 0 radical (unpaired) electrons. The number of hydrogen-bond donors (Lipinski definition) is 1. The molecule has 1 saturated heterocycles. The lowest BCUT2D eigenvalue weighted by Gasteiger charge is -2.23. The van der Waals surface area contributed by atoms with Gasteiger partial charge < -0.3 is 10.2 Å². The standard InChI is InChI=1S/C19H21N3O4S/c1-22(16-8-10-27(25,26)13-16)19(24)15-7-9-20-17(11-15)18(23)21-12-14-5-3-2-4-6-14/h2-7,9,11,16H,8,10,12-13H2,1H3,(H,21,23). The first-order valence-corrected chi connectivity index (χ1v) is 10.4. The Kier molecular flexibility index (Phi) is 5.55. The number of nitrogens with one attached hydrogen (secondary N) is 1. The van der Waals surface area contributed by atoms with E-state index in [1.807, 2.05) is 30.3 Å². The first kappa shape index (κ1) is 19.0. The number of rotatable bonds is 5. The van der Waals surface area contributed by atoms with Crippen molar-refractivity contribution in [1.29, 1.82) is 0 Å². The highest BCUT2D eigenvalue weighted by Gasteiger charge is 2.33. The SMILES string of the molecule is CN(C(=O)c1ccnc(C(=O)NCc2ccccc2)c1)C1CCS(=O)(=O)C1. The quantitative estimate of drug-likeness (QED) is 0.833. The van der Waals surface area contributed by atoms with Crippen LogP contribution in [0.3, 0.4) is 0 Å². The molecule has 2 aromatic rings. The average Bonchev–Trinajstić information content (AvgIpc) is 3.05. The molecule has 2 heterocycles. The predicted octanol–water partition coefficient (Wildman–Crippen LogP) is 1.27. The molecule has 27 heavy (non-hydrogen) atoms. The van der Waals surface area contributed by atoms with E-state index >= 15 is 0 Å². The molecule has 1 N–H and O–H groups in total. The summed E-state index contributed by atoms with van der Waals surface area (Å²) in [4.78, 5) is 30.5. The molecule has 142 valence electrons. The van der Waals surface area contributed by atoms with Crippen molar-refractivity contribution in [2.45, 2.75) is 19.0 Å². The maximum Gasteiger partial charge on any atom is 0.270 e. The second kappa shape index (κ2) is 7.87. The lowest BCUT2D eigenvalue weighted by molar-refractivity contribution is 0.0747. The highest BCUT2D eigenvalue weighted by atomic mass is 32.2. The predicted molar refractivity (Wildman–Crippen MR) is 101 cm³/mol. The molecule has 1 fully saturated rings. The lowest BCUT2D eigenvalue weighted by atomic mass is 10.1. The van der Waals surface area contributed by atoms with E-state index in [9.17, 15) is 18.0 Å². The van der Waals surface area contributed by atoms with Gasteiger partial charge in [-0.2, -0.15) is 0 Å². The Morgan fingerprint density at radius 2 is 1.96 bits per heavy atom. The molecule has 0 bridgehead atoms. The van der Waals surface area contributed by atoms with Gasteiger partial charge in [-0.15, -0.1) is 0 Å². The Labute approximate surface area is 158 Å². The summed E-state index contributed by atoms with van der Waals surface area (Å²) in [5, 5.41) is 2.77. The van der Waals surface area contributed by atoms with Crippen molar-refractivity contribution in [3.8, 4) is 0 Å². The number of benzene rings is 1. The Balaban J connectivity index is 1.67. The molecule has 1 atom stereocenters. The zero-order chi connectivity index (χ0) is 19.4. The summed E-state index contributed by atoms with van der Waals surface area (Å²) in [7, 11) is -1.50. The third-order valence-electron chi connectivity index (χ3n) is 4.61. The maximum absolute atomic E-state index is 12.7. The van der Waals surface area contributed by atoms with Crippen LogP contribution in [-0.2, 0) is 16.4 Å². The summed E-state index contributed by atoms with van der Waals surface area (Å²) in [6, 6.07) is 12.1. The summed E-state index contributed by atoms with van der Waals surface area (Å²) < 4.78 is 23.3. The van der Waals surface area contributed by atoms with E-state index in [-0.39, 0.29) is 35.1 Å². The van der Waals surface area contributed by atoms with Crippen LogP contribution in [0.15, 0.2) is 48.7 Å². The van der Waals surface area contributed by atoms with Crippen LogP contribution in [0.2, 0.25) is 0 Å². The Bertz CT molecular complexity index is 944. The molecule has 0 spiro atoms. The fourth-order valence-electron chi connectivity index (χ4n) is 3.01. The van der Waals surface area contributed by atoms with E-state index in [1.54, 1.807) is 7.05 Å². The molecule has 1 aromatic carbocycles. The first-order valence-electron chi connectivity index (χ1n) is 8.61. The van der Waals surface area contributed by atoms with Crippen LogP contribution in [0.4, 0.5) is 0 Å². The minimum atomic E-state index is -3.08. The molecular weight excluding hydrogens is 366 g/mol. The molecule has 1 aromatic heterocycles. The zero-order valence-electron chi connectivity index (χ0n) is 15.0. The van der Waals surface area contributed by atoms with Gasteiger partial charge in [0.15, 0.2) is 9.84 Å². The molecule has 1 unspecified atom stereocenters. The molecule has 1 aliphatic rings. The van der Waals surface area contributed by atoms with Crippen molar-refractivity contribution in [2.75, 3.05) is 18.6 Å². The molecule has 8 heteroatoms. The van der Waals surface area contributed by atoms with Crippen LogP contribution >= 0.6 is 0 Å². The summed E-state index contributed by atoms with van der Waals surface area (Å²) in [5.41, 5.74) is 1.41. The second-order valence-electron chi connectivity index (χ2n) is 6.57. The number of aromatic nitrogens is 1. The van der Waals surface area contributed by atoms with E-state index in [1.165, 1.54) is 23.2 Å². The van der Waals surface area contributed by atoms with E-state index < -0.39 is 9.84 Å². The van der Waals surface area contributed by atoms with Crippen LogP contribution in [0.5, 0.6) is 0 Å². The van der Waals surface area contributed by atoms with Crippen molar-refractivity contribution < 1.29 is 18.0 Å². The van der Waals surface area contributed by atoms with E-state index in [4.69, 9.17) is 0 Å². The highest BCUT2D eigenvalue weighted by molar-refractivity contribution is 7.91. The summed E-state index contributed by atoms with van der Waals surface area (Å²) in [6.07, 6.45) is 1.84. The molecular formula is C19H21N3O4S. The number of amides is 2. The smallest absolute Gasteiger partial charge is 0.270 e. The van der Waals surface area contributed by atoms with Crippen LogP contribution in [0, 0.1) is 0 Å². The summed E-state index contributed by atoms with van der Waals surface area (Å²) >= 11 is 0. The van der Waals surface area contributed by atoms with Gasteiger partial charge in [-0.3, -0.25) is 14.6 Å². The molecule has 2 amide bonds. The van der Waals surface area contributed by atoms with Gasteiger partial charge in [0, 0.05) is 31.4 Å². The fourth-order valence-corrected chi connectivity index (χ4v) is 4.78. The number of hydrogen-bond acceptors (Lipinski definition) is 5. The van der Waals surface area contributed by atoms with E-state index in [0.717, 1.165) is 5.56 Å². The molecule has 7 nitrogen and oxygen atoms in total. The Morgan fingerprint density at radius 1 is 1.22 bits per heavy atom. The van der Waals surface area contributed by atoms with Crippen molar-refractivity contribution in [3.05, 3.63) is 65.5 Å². The van der Waals surface area contributed by atoms with Gasteiger partial charge in [0.2, 0.25) is 0 Å². The van der Waals surface area contributed by atoms with Crippen molar-refractivity contribution in [3.63, 3.8) is 0 Å². The van der Waals surface area contributed by atoms with Crippen molar-refractivity contribution in [2.24, 2.45) is 0 Å². The first-order chi connectivity index (χ1) is 12.9. The van der Waals surface area contributed by atoms with Crippen molar-refractivity contribution in [1.82, 2.24) is 15.2 Å². The normalized spacial score (nSPS) is 18.0. The third kappa shape index (κ3) is 4.71. The summed E-state index contributed by atoms with van der Waals surface area (Å²) in [5.74, 6) is -0.625.